The molecule has 1 N–H and O–H groups in total. The molecule has 7 heteroatoms. The molecule has 0 atom stereocenters. The zero-order chi connectivity index (χ0) is 20.5. The smallest absolute Gasteiger partial charge is 0.251 e. The summed E-state index contributed by atoms with van der Waals surface area (Å²) in [6.45, 7) is 8.89. The Labute approximate surface area is 169 Å². The fourth-order valence-electron chi connectivity index (χ4n) is 4.01. The molecule has 2 heterocycles. The molecule has 2 aliphatic heterocycles. The van der Waals surface area contributed by atoms with Gasteiger partial charge in [-0.05, 0) is 88.8 Å². The molecule has 0 aliphatic carbocycles. The van der Waals surface area contributed by atoms with Crippen molar-refractivity contribution in [2.45, 2.75) is 57.4 Å². The minimum absolute atomic E-state index is 0.147. The summed E-state index contributed by atoms with van der Waals surface area (Å²) >= 11 is 0. The minimum Gasteiger partial charge on any atom is -0.349 e. The van der Waals surface area contributed by atoms with E-state index in [2.05, 4.69) is 24.2 Å². The Hall–Kier alpha value is -1.44. The molecule has 0 saturated carbocycles. The molecule has 28 heavy (non-hydrogen) atoms. The van der Waals surface area contributed by atoms with Gasteiger partial charge in [0.15, 0.2) is 0 Å². The Balaban J connectivity index is 1.83. The van der Waals surface area contributed by atoms with E-state index in [1.807, 2.05) is 13.8 Å². The van der Waals surface area contributed by atoms with E-state index in [1.54, 1.807) is 16.4 Å². The summed E-state index contributed by atoms with van der Waals surface area (Å²) in [6, 6.07) is 3.52. The number of amides is 1. The van der Waals surface area contributed by atoms with E-state index in [4.69, 9.17) is 0 Å². The minimum atomic E-state index is -3.59. The van der Waals surface area contributed by atoms with Gasteiger partial charge in [-0.3, -0.25) is 4.79 Å². The second-order valence-corrected chi connectivity index (χ2v) is 10.5. The third-order valence-corrected chi connectivity index (χ3v) is 8.32. The van der Waals surface area contributed by atoms with E-state index >= 15 is 0 Å². The fraction of sp³-hybridized carbons (Fsp3) is 0.667. The van der Waals surface area contributed by atoms with Crippen molar-refractivity contribution in [2.24, 2.45) is 5.92 Å². The van der Waals surface area contributed by atoms with Crippen molar-refractivity contribution in [3.8, 4) is 0 Å². The number of piperidine rings is 2. The molecule has 1 aromatic carbocycles. The van der Waals surface area contributed by atoms with Crippen molar-refractivity contribution in [2.75, 3.05) is 33.2 Å². The number of carbonyl (C=O) groups is 1. The number of benzene rings is 1. The average molecular weight is 408 g/mol. The number of sulfonamides is 1. The molecule has 6 nitrogen and oxygen atoms in total. The van der Waals surface area contributed by atoms with Crippen molar-refractivity contribution >= 4 is 15.9 Å². The van der Waals surface area contributed by atoms with Gasteiger partial charge in [0.2, 0.25) is 10.0 Å². The van der Waals surface area contributed by atoms with E-state index in [-0.39, 0.29) is 16.8 Å². The Morgan fingerprint density at radius 2 is 1.64 bits per heavy atom. The van der Waals surface area contributed by atoms with Crippen LogP contribution >= 0.6 is 0 Å². The zero-order valence-corrected chi connectivity index (χ0v) is 18.3. The van der Waals surface area contributed by atoms with Crippen LogP contribution in [0.15, 0.2) is 17.0 Å². The summed E-state index contributed by atoms with van der Waals surface area (Å²) in [7, 11) is -1.51. The van der Waals surface area contributed by atoms with Crippen LogP contribution in [0, 0.1) is 19.8 Å². The van der Waals surface area contributed by atoms with Gasteiger partial charge in [0.25, 0.3) is 5.91 Å². The highest BCUT2D eigenvalue weighted by atomic mass is 32.2. The van der Waals surface area contributed by atoms with Crippen LogP contribution in [-0.4, -0.2) is 62.8 Å². The second kappa shape index (κ2) is 8.51. The Morgan fingerprint density at radius 1 is 1.04 bits per heavy atom. The normalized spacial score (nSPS) is 21.0. The molecule has 1 aromatic rings. The van der Waals surface area contributed by atoms with E-state index in [0.29, 0.717) is 24.6 Å². The van der Waals surface area contributed by atoms with Gasteiger partial charge in [-0.25, -0.2) is 8.42 Å². The summed E-state index contributed by atoms with van der Waals surface area (Å²) in [4.78, 5) is 15.3. The van der Waals surface area contributed by atoms with Crippen molar-refractivity contribution in [1.29, 1.82) is 0 Å². The number of likely N-dealkylation sites (tertiary alicyclic amines) is 1. The Morgan fingerprint density at radius 3 is 2.25 bits per heavy atom. The molecule has 2 saturated heterocycles. The molecule has 3 rings (SSSR count). The fourth-order valence-corrected chi connectivity index (χ4v) is 5.81. The number of aryl methyl sites for hydroxylation is 1. The maximum Gasteiger partial charge on any atom is 0.251 e. The topological polar surface area (TPSA) is 69.7 Å². The Bertz CT molecular complexity index is 822. The van der Waals surface area contributed by atoms with Gasteiger partial charge in [-0.1, -0.05) is 6.92 Å². The Kier molecular flexibility index (Phi) is 6.47. The highest BCUT2D eigenvalue weighted by Crippen LogP contribution is 2.28. The predicted octanol–water partition coefficient (Wildman–Crippen LogP) is 2.55. The van der Waals surface area contributed by atoms with Crippen LogP contribution in [0.2, 0.25) is 0 Å². The van der Waals surface area contributed by atoms with Crippen molar-refractivity contribution < 1.29 is 13.2 Å². The molecule has 2 fully saturated rings. The monoisotopic (exact) mass is 407 g/mol. The summed E-state index contributed by atoms with van der Waals surface area (Å²) < 4.78 is 28.1. The molecule has 0 aromatic heterocycles. The van der Waals surface area contributed by atoms with Gasteiger partial charge in [-0.15, -0.1) is 0 Å². The molecular weight excluding hydrogens is 374 g/mol. The summed E-state index contributed by atoms with van der Waals surface area (Å²) in [5.74, 6) is 0.377. The maximum atomic E-state index is 13.3. The lowest BCUT2D eigenvalue weighted by Crippen LogP contribution is -2.43. The van der Waals surface area contributed by atoms with Gasteiger partial charge in [0.1, 0.15) is 0 Å². The lowest BCUT2D eigenvalue weighted by atomic mass is 10.0. The quantitative estimate of drug-likeness (QED) is 0.833. The van der Waals surface area contributed by atoms with Crippen LogP contribution in [-0.2, 0) is 10.0 Å². The number of nitrogens with zero attached hydrogens (tertiary/aromatic N) is 2. The van der Waals surface area contributed by atoms with Crippen LogP contribution in [0.3, 0.4) is 0 Å². The van der Waals surface area contributed by atoms with Crippen LogP contribution in [0.25, 0.3) is 0 Å². The standard InChI is InChI=1S/C21H33N3O3S/c1-15-5-11-24(12-6-15)28(26,27)20-14-18(13-16(2)17(20)3)21(25)22-19-7-9-23(4)10-8-19/h13-15,19H,5-12H2,1-4H3,(H,22,25). The van der Waals surface area contributed by atoms with E-state index < -0.39 is 10.0 Å². The molecule has 1 amide bonds. The van der Waals surface area contributed by atoms with E-state index in [9.17, 15) is 13.2 Å². The number of nitrogens with one attached hydrogen (secondary N) is 1. The number of rotatable bonds is 4. The van der Waals surface area contributed by atoms with Crippen LogP contribution in [0.1, 0.15) is 54.1 Å². The highest BCUT2D eigenvalue weighted by molar-refractivity contribution is 7.89. The van der Waals surface area contributed by atoms with Gasteiger partial charge < -0.3 is 10.2 Å². The first-order valence-corrected chi connectivity index (χ1v) is 11.7. The molecule has 0 unspecified atom stereocenters. The SMILES string of the molecule is Cc1cc(C(=O)NC2CCN(C)CC2)cc(S(=O)(=O)N2CCC(C)CC2)c1C. The van der Waals surface area contributed by atoms with Crippen molar-refractivity contribution in [1.82, 2.24) is 14.5 Å². The molecular formula is C21H33N3O3S. The third-order valence-electron chi connectivity index (χ3n) is 6.30. The number of hydrogen-bond donors (Lipinski definition) is 1. The first-order chi connectivity index (χ1) is 13.2. The summed E-state index contributed by atoms with van der Waals surface area (Å²) in [5, 5.41) is 3.09. The average Bonchev–Trinajstić information content (AvgIpc) is 2.65. The van der Waals surface area contributed by atoms with E-state index in [1.165, 1.54) is 0 Å². The maximum absolute atomic E-state index is 13.3. The molecule has 0 spiro atoms. The predicted molar refractivity (Wildman–Crippen MR) is 111 cm³/mol. The lowest BCUT2D eigenvalue weighted by Gasteiger charge is -2.30. The largest absolute Gasteiger partial charge is 0.349 e. The molecule has 2 aliphatic rings. The number of hydrogen-bond acceptors (Lipinski definition) is 4. The van der Waals surface area contributed by atoms with Gasteiger partial charge >= 0.3 is 0 Å². The lowest BCUT2D eigenvalue weighted by molar-refractivity contribution is 0.0916. The van der Waals surface area contributed by atoms with Crippen molar-refractivity contribution in [3.63, 3.8) is 0 Å². The van der Waals surface area contributed by atoms with Crippen LogP contribution in [0.5, 0.6) is 0 Å². The molecule has 0 radical (unpaired) electrons. The molecule has 156 valence electrons. The number of carbonyl (C=O) groups excluding carboxylic acids is 1. The second-order valence-electron chi connectivity index (χ2n) is 8.55. The van der Waals surface area contributed by atoms with Crippen LogP contribution in [0.4, 0.5) is 0 Å². The van der Waals surface area contributed by atoms with E-state index in [0.717, 1.165) is 49.9 Å². The highest BCUT2D eigenvalue weighted by Gasteiger charge is 2.30. The van der Waals surface area contributed by atoms with Gasteiger partial charge in [-0.2, -0.15) is 4.31 Å². The summed E-state index contributed by atoms with van der Waals surface area (Å²) in [6.07, 6.45) is 3.61. The zero-order valence-electron chi connectivity index (χ0n) is 17.5. The van der Waals surface area contributed by atoms with Crippen LogP contribution < -0.4 is 5.32 Å². The first-order valence-electron chi connectivity index (χ1n) is 10.3. The van der Waals surface area contributed by atoms with Crippen molar-refractivity contribution in [3.05, 3.63) is 28.8 Å². The van der Waals surface area contributed by atoms with Gasteiger partial charge in [0.05, 0.1) is 4.90 Å². The third kappa shape index (κ3) is 4.58. The summed E-state index contributed by atoms with van der Waals surface area (Å²) in [5.41, 5.74) is 2.00. The van der Waals surface area contributed by atoms with Gasteiger partial charge in [0, 0.05) is 24.7 Å². The first kappa shape index (κ1) is 21.3. The molecule has 0 bridgehead atoms.